The number of nitrogen functional groups attached to an aromatic ring is 6. The molecule has 32 heteroatoms. The number of fused-ring (bicyclic) bond motifs is 6. The molecule has 0 aliphatic heterocycles. The first kappa shape index (κ1) is 73.5. The highest BCUT2D eigenvalue weighted by molar-refractivity contribution is 7.87. The molecule has 0 saturated heterocycles. The molecule has 0 unspecified atom stereocenters. The Labute approximate surface area is 551 Å². The third-order valence-electron chi connectivity index (χ3n) is 14.5. The lowest BCUT2D eigenvalue weighted by molar-refractivity contribution is 0.417. The normalized spacial score (nSPS) is 11.8. The van der Waals surface area contributed by atoms with Crippen LogP contribution in [0.4, 0.5) is 34.1 Å². The molecule has 0 bridgehead atoms. The maximum atomic E-state index is 11.1. The Hall–Kier alpha value is -9.94. The zero-order chi connectivity index (χ0) is 71.2. The van der Waals surface area contributed by atoms with Crippen molar-refractivity contribution in [2.24, 2.45) is 0 Å². The monoisotopic (exact) mass is 1430 g/mol. The van der Waals surface area contributed by atoms with Crippen LogP contribution in [0.3, 0.4) is 0 Å². The molecule has 12 aromatic rings. The van der Waals surface area contributed by atoms with E-state index in [0.717, 1.165) is 32.7 Å². The zero-order valence-electron chi connectivity index (χ0n) is 50.8. The third kappa shape index (κ3) is 17.7. The molecule has 0 heterocycles. The summed E-state index contributed by atoms with van der Waals surface area (Å²) in [6.07, 6.45) is 0. The Morgan fingerprint density at radius 1 is 0.281 bits per heavy atom. The molecule has 26 nitrogen and oxygen atoms in total. The largest absolute Gasteiger partial charge is 0.495 e. The first-order valence-electron chi connectivity index (χ1n) is 27.3. The maximum absolute atomic E-state index is 11.1. The van der Waals surface area contributed by atoms with Gasteiger partial charge in [0.05, 0.1) is 50.1 Å². The van der Waals surface area contributed by atoms with E-state index in [9.17, 15) is 50.5 Å². The van der Waals surface area contributed by atoms with Gasteiger partial charge in [-0.05, 0) is 148 Å². The fourth-order valence-corrected chi connectivity index (χ4v) is 12.8. The number of rotatable bonds is 8. The van der Waals surface area contributed by atoms with Gasteiger partial charge in [-0.25, -0.2) is 0 Å². The van der Waals surface area contributed by atoms with Gasteiger partial charge in [-0.3, -0.25) is 27.3 Å². The summed E-state index contributed by atoms with van der Waals surface area (Å²) in [7, 11) is -22.2. The van der Waals surface area contributed by atoms with Crippen LogP contribution in [0.15, 0.2) is 223 Å². The van der Waals surface area contributed by atoms with Crippen LogP contribution in [-0.2, 0) is 60.7 Å². The number of aryl methyl sites for hydroxylation is 2. The molecule has 18 N–H and O–H groups in total. The van der Waals surface area contributed by atoms with E-state index in [1.165, 1.54) is 87.0 Å². The molecule has 0 aliphatic rings. The Kier molecular flexibility index (Phi) is 22.2. The minimum atomic E-state index is -4.23. The minimum absolute atomic E-state index is 0.122. The van der Waals surface area contributed by atoms with Crippen LogP contribution in [-0.4, -0.2) is 92.0 Å². The first-order chi connectivity index (χ1) is 44.6. The predicted molar refractivity (Wildman–Crippen MR) is 372 cm³/mol. The SMILES string of the molecule is COc1ccc2cc(S(=O)(=O)O)ccc2c1N.COc1ccc2ccc(S(=O)(=O)O)cc2c1N.Cc1ccc2cc(S(=O)(=O)O)ccc2c1N.Cc1ccc2ccc(S(=O)(=O)O)cc2c1N.Nc1cccc2ccc(S(=O)(=O)O)cc12.Nc1cccc2cccc(S(=O)(=O)O)c12. The standard InChI is InChI=1S/2C11H11NO4S.2C11H11NO3S.2C10H9NO3S/c1-16-10-5-2-7-6-8(17(13,14)15)3-4-9(7)11(10)12;1-16-10-5-3-7-2-4-8(17(13,14)15)6-9(7)11(10)12;1-7-2-3-8-6-9(16(13,14)15)4-5-10(8)11(7)12;1-7-2-3-8-4-5-9(16(13,14)15)6-10(8)11(7)12;11-8-5-1-3-7-4-2-6-9(10(7)8)15(12,13)14;11-10-3-1-2-7-4-5-8(6-9(7)10)15(12,13)14/h2*2-6H,12H2,1H3,(H,13,14,15);2*2-6H,12H2,1H3,(H,13,14,15);2*1-6H,11H2,(H,12,13,14). The van der Waals surface area contributed by atoms with Crippen molar-refractivity contribution in [1.29, 1.82) is 0 Å². The van der Waals surface area contributed by atoms with Crippen LogP contribution < -0.4 is 43.9 Å². The second-order valence-corrected chi connectivity index (χ2v) is 29.3. The smallest absolute Gasteiger partial charge is 0.295 e. The van der Waals surface area contributed by atoms with Crippen molar-refractivity contribution in [3.05, 3.63) is 205 Å². The van der Waals surface area contributed by atoms with Crippen LogP contribution >= 0.6 is 0 Å². The van der Waals surface area contributed by atoms with E-state index in [1.54, 1.807) is 97.1 Å². The van der Waals surface area contributed by atoms with Crippen LogP contribution in [0.2, 0.25) is 0 Å². The van der Waals surface area contributed by atoms with E-state index in [1.807, 2.05) is 38.1 Å². The van der Waals surface area contributed by atoms with Crippen molar-refractivity contribution in [2.75, 3.05) is 48.6 Å². The van der Waals surface area contributed by atoms with Gasteiger partial charge in [0.25, 0.3) is 60.7 Å². The molecule has 0 aromatic heterocycles. The van der Waals surface area contributed by atoms with Crippen molar-refractivity contribution in [1.82, 2.24) is 0 Å². The second kappa shape index (κ2) is 29.0. The molecule has 0 atom stereocenters. The summed E-state index contributed by atoms with van der Waals surface area (Å²) in [6, 6.07) is 50.5. The molecule has 0 radical (unpaired) electrons. The van der Waals surface area contributed by atoms with Gasteiger partial charge < -0.3 is 43.9 Å². The Balaban J connectivity index is 0.000000163. The summed E-state index contributed by atoms with van der Waals surface area (Å²) in [4.78, 5) is -0.911. The summed E-state index contributed by atoms with van der Waals surface area (Å²) in [5.41, 5.74) is 39.3. The number of anilines is 6. The highest BCUT2D eigenvalue weighted by Gasteiger charge is 2.18. The molecule has 504 valence electrons. The first-order valence-corrected chi connectivity index (χ1v) is 36.0. The van der Waals surface area contributed by atoms with Gasteiger partial charge >= 0.3 is 0 Å². The zero-order valence-corrected chi connectivity index (χ0v) is 55.7. The lowest BCUT2D eigenvalue weighted by atomic mass is 10.1. The van der Waals surface area contributed by atoms with Crippen molar-refractivity contribution in [3.63, 3.8) is 0 Å². The van der Waals surface area contributed by atoms with E-state index in [4.69, 9.17) is 71.2 Å². The van der Waals surface area contributed by atoms with Crippen LogP contribution in [0, 0.1) is 13.8 Å². The van der Waals surface area contributed by atoms with Crippen molar-refractivity contribution >= 4 is 159 Å². The van der Waals surface area contributed by atoms with E-state index in [2.05, 4.69) is 0 Å². The van der Waals surface area contributed by atoms with Crippen LogP contribution in [0.1, 0.15) is 11.1 Å². The van der Waals surface area contributed by atoms with Crippen molar-refractivity contribution in [3.8, 4) is 11.5 Å². The number of ether oxygens (including phenoxy) is 2. The number of hydrogen-bond donors (Lipinski definition) is 12. The second-order valence-electron chi connectivity index (χ2n) is 20.8. The minimum Gasteiger partial charge on any atom is -0.495 e. The Bertz CT molecular complexity index is 5750. The van der Waals surface area contributed by atoms with Gasteiger partial charge in [0, 0.05) is 55.1 Å². The van der Waals surface area contributed by atoms with Gasteiger partial charge in [0.1, 0.15) is 16.4 Å². The van der Waals surface area contributed by atoms with Crippen LogP contribution in [0.25, 0.3) is 64.6 Å². The highest BCUT2D eigenvalue weighted by Crippen LogP contribution is 2.35. The van der Waals surface area contributed by atoms with E-state index in [0.29, 0.717) is 88.7 Å². The number of methoxy groups -OCH3 is 2. The summed E-state index contributed by atoms with van der Waals surface area (Å²) < 4.78 is 196. The molecular weight excluding hydrogens is 1370 g/mol. The van der Waals surface area contributed by atoms with Gasteiger partial charge in [0.15, 0.2) is 0 Å². The Morgan fingerprint density at radius 3 is 1.01 bits per heavy atom. The Morgan fingerprint density at radius 2 is 0.583 bits per heavy atom. The molecule has 0 amide bonds. The highest BCUT2D eigenvalue weighted by atomic mass is 32.2. The van der Waals surface area contributed by atoms with Gasteiger partial charge in [-0.15, -0.1) is 0 Å². The molecule has 12 rings (SSSR count). The summed E-state index contributed by atoms with van der Waals surface area (Å²) in [5, 5.41) is 8.06. The number of nitrogens with two attached hydrogens (primary N) is 6. The fourth-order valence-electron chi connectivity index (χ4n) is 9.47. The third-order valence-corrected chi connectivity index (χ3v) is 19.6. The van der Waals surface area contributed by atoms with Crippen molar-refractivity contribution < 1.29 is 87.3 Å². The maximum Gasteiger partial charge on any atom is 0.295 e. The fraction of sp³-hybridized carbons (Fsp3) is 0.0625. The number of hydrogen-bond acceptors (Lipinski definition) is 20. The summed E-state index contributed by atoms with van der Waals surface area (Å²) in [5.74, 6) is 0.988. The molecular formula is C64H62N6O20S6. The molecule has 0 spiro atoms. The van der Waals surface area contributed by atoms with Crippen LogP contribution in [0.5, 0.6) is 11.5 Å². The van der Waals surface area contributed by atoms with E-state index >= 15 is 0 Å². The lowest BCUT2D eigenvalue weighted by Crippen LogP contribution is -2.00. The average molecular weight is 1430 g/mol. The van der Waals surface area contributed by atoms with Crippen molar-refractivity contribution in [2.45, 2.75) is 43.2 Å². The molecule has 0 saturated carbocycles. The van der Waals surface area contributed by atoms with Gasteiger partial charge in [0.2, 0.25) is 0 Å². The molecule has 0 fully saturated rings. The van der Waals surface area contributed by atoms with Gasteiger partial charge in [-0.1, -0.05) is 103 Å². The topological polar surface area (TPSA) is 501 Å². The van der Waals surface area contributed by atoms with E-state index in [-0.39, 0.29) is 29.4 Å². The van der Waals surface area contributed by atoms with E-state index < -0.39 is 60.7 Å². The predicted octanol–water partition coefficient (Wildman–Crippen LogP) is 10.6. The van der Waals surface area contributed by atoms with Gasteiger partial charge in [-0.2, -0.15) is 50.5 Å². The summed E-state index contributed by atoms with van der Waals surface area (Å²) >= 11 is 0. The lowest BCUT2D eigenvalue weighted by Gasteiger charge is -2.08. The molecule has 96 heavy (non-hydrogen) atoms. The molecule has 12 aromatic carbocycles. The number of benzene rings is 12. The average Bonchev–Trinajstić information content (AvgIpc) is 0.825. The molecule has 0 aliphatic carbocycles. The quantitative estimate of drug-likeness (QED) is 0.0497. The summed E-state index contributed by atoms with van der Waals surface area (Å²) in [6.45, 7) is 3.72.